The Kier molecular flexibility index (Phi) is 9.55. The summed E-state index contributed by atoms with van der Waals surface area (Å²) in [6.07, 6.45) is 1.84. The molecule has 0 unspecified atom stereocenters. The molecule has 6 rings (SSSR count). The lowest BCUT2D eigenvalue weighted by Gasteiger charge is -2.30. The number of benzene rings is 4. The van der Waals surface area contributed by atoms with E-state index in [0.717, 1.165) is 27.5 Å². The van der Waals surface area contributed by atoms with Crippen molar-refractivity contribution in [2.45, 2.75) is 33.4 Å². The molecule has 1 amide bonds. The second-order valence-electron chi connectivity index (χ2n) is 11.1. The van der Waals surface area contributed by atoms with Crippen LogP contribution in [0.15, 0.2) is 99.9 Å². The van der Waals surface area contributed by atoms with Crippen molar-refractivity contribution >= 4 is 57.3 Å². The minimum atomic E-state index is -0.738. The first kappa shape index (κ1) is 32.6. The molecule has 2 heterocycles. The summed E-state index contributed by atoms with van der Waals surface area (Å²) < 4.78 is 14.0. The quantitative estimate of drug-likeness (QED) is 0.165. The Morgan fingerprint density at radius 3 is 2.47 bits per heavy atom. The average molecular weight is 687 g/mol. The fraction of sp³-hybridized carbons (Fsp3) is 0.216. The fourth-order valence-corrected chi connectivity index (χ4v) is 7.41. The van der Waals surface area contributed by atoms with Gasteiger partial charge in [-0.1, -0.05) is 83.1 Å². The van der Waals surface area contributed by atoms with Gasteiger partial charge in [-0.25, -0.2) is 4.99 Å². The van der Waals surface area contributed by atoms with Crippen LogP contribution in [0.4, 0.5) is 0 Å². The van der Waals surface area contributed by atoms with Crippen molar-refractivity contribution in [3.05, 3.63) is 137 Å². The molecule has 47 heavy (non-hydrogen) atoms. The number of hydrogen-bond donors (Lipinski definition) is 0. The number of likely N-dealkylation sites (N-methyl/N-ethyl adjacent to an activating group) is 1. The van der Waals surface area contributed by atoms with Crippen LogP contribution in [-0.4, -0.2) is 35.6 Å². The Morgan fingerprint density at radius 2 is 1.77 bits per heavy atom. The van der Waals surface area contributed by atoms with Crippen LogP contribution in [0.25, 0.3) is 16.8 Å². The third-order valence-corrected chi connectivity index (χ3v) is 9.88. The van der Waals surface area contributed by atoms with Crippen molar-refractivity contribution < 1.29 is 14.3 Å². The number of amides is 1. The lowest BCUT2D eigenvalue weighted by molar-refractivity contribution is -0.127. The number of carbonyl (C=O) groups is 1. The third-order valence-electron chi connectivity index (χ3n) is 8.31. The highest BCUT2D eigenvalue weighted by Crippen LogP contribution is 2.40. The van der Waals surface area contributed by atoms with E-state index in [9.17, 15) is 9.59 Å². The molecule has 0 fully saturated rings. The first-order chi connectivity index (χ1) is 22.7. The smallest absolute Gasteiger partial charge is 0.271 e. The van der Waals surface area contributed by atoms with Crippen LogP contribution in [0.1, 0.15) is 43.5 Å². The van der Waals surface area contributed by atoms with Crippen LogP contribution in [0.5, 0.6) is 11.5 Å². The zero-order valence-electron chi connectivity index (χ0n) is 26.4. The Labute approximate surface area is 286 Å². The van der Waals surface area contributed by atoms with Crippen LogP contribution >= 0.6 is 34.5 Å². The van der Waals surface area contributed by atoms with Gasteiger partial charge in [0.05, 0.1) is 22.9 Å². The van der Waals surface area contributed by atoms with Gasteiger partial charge in [0.25, 0.3) is 11.5 Å². The second-order valence-corrected chi connectivity index (χ2v) is 12.9. The summed E-state index contributed by atoms with van der Waals surface area (Å²) in [6, 6.07) is 23.9. The molecule has 0 saturated heterocycles. The summed E-state index contributed by atoms with van der Waals surface area (Å²) in [7, 11) is 1.61. The van der Waals surface area contributed by atoms with E-state index in [2.05, 4.69) is 0 Å². The Morgan fingerprint density at radius 1 is 1.02 bits per heavy atom. The van der Waals surface area contributed by atoms with Crippen LogP contribution in [0, 0.1) is 0 Å². The summed E-state index contributed by atoms with van der Waals surface area (Å²) >= 11 is 13.6. The molecule has 4 aromatic carbocycles. The van der Waals surface area contributed by atoms with E-state index in [4.69, 9.17) is 37.7 Å². The number of rotatable bonds is 9. The molecule has 0 bridgehead atoms. The minimum absolute atomic E-state index is 0.152. The van der Waals surface area contributed by atoms with E-state index >= 15 is 0 Å². The average Bonchev–Trinajstić information content (AvgIpc) is 3.37. The summed E-state index contributed by atoms with van der Waals surface area (Å²) in [5, 5.41) is 3.00. The predicted molar refractivity (Wildman–Crippen MR) is 189 cm³/mol. The van der Waals surface area contributed by atoms with Gasteiger partial charge in [0, 0.05) is 34.3 Å². The van der Waals surface area contributed by atoms with Crippen molar-refractivity contribution in [2.75, 3.05) is 20.2 Å². The lowest BCUT2D eigenvalue weighted by Crippen LogP contribution is -2.43. The number of methoxy groups -OCH3 is 1. The summed E-state index contributed by atoms with van der Waals surface area (Å²) in [5.41, 5.74) is 3.21. The number of hydrogen-bond acceptors (Lipinski definition) is 6. The van der Waals surface area contributed by atoms with Gasteiger partial charge in [-0.15, -0.1) is 0 Å². The standard InChI is InChI=1S/C37H33Cl2N3O4S/c1-5-41(6-2)36(44)32-22(3)40-37-42(34(32)33-28-10-8-7-9-24(28)14-18-30(33)45-4)35(43)31(47-37)19-23-11-16-27(17-12-23)46-21-25-13-15-26(38)20-29(25)39/h7-20,34H,5-6,21H2,1-4H3/b31-19+/t34-/m0/s1. The normalized spacial score (nSPS) is 14.6. The molecule has 7 nitrogen and oxygen atoms in total. The number of thiazole rings is 1. The highest BCUT2D eigenvalue weighted by atomic mass is 35.5. The Balaban J connectivity index is 1.44. The lowest BCUT2D eigenvalue weighted by atomic mass is 9.90. The molecule has 1 aliphatic heterocycles. The molecule has 0 radical (unpaired) electrons. The van der Waals surface area contributed by atoms with Crippen molar-refractivity contribution in [1.82, 2.24) is 9.47 Å². The van der Waals surface area contributed by atoms with Crippen LogP contribution in [0.3, 0.4) is 0 Å². The zero-order chi connectivity index (χ0) is 33.2. The van der Waals surface area contributed by atoms with Crippen molar-refractivity contribution in [2.24, 2.45) is 4.99 Å². The molecule has 5 aromatic rings. The van der Waals surface area contributed by atoms with Crippen molar-refractivity contribution in [3.63, 3.8) is 0 Å². The van der Waals surface area contributed by atoms with Gasteiger partial charge in [-0.05, 0) is 73.5 Å². The van der Waals surface area contributed by atoms with Crippen molar-refractivity contribution in [1.29, 1.82) is 0 Å². The monoisotopic (exact) mass is 685 g/mol. The van der Waals surface area contributed by atoms with Gasteiger partial charge in [0.2, 0.25) is 0 Å². The molecular weight excluding hydrogens is 653 g/mol. The van der Waals surface area contributed by atoms with E-state index in [0.29, 0.717) is 61.8 Å². The number of nitrogens with zero attached hydrogens (tertiary/aromatic N) is 3. The van der Waals surface area contributed by atoms with Gasteiger partial charge in [-0.3, -0.25) is 14.2 Å². The molecule has 0 saturated carbocycles. The number of allylic oxidation sites excluding steroid dienone is 1. The van der Waals surface area contributed by atoms with E-state index < -0.39 is 6.04 Å². The largest absolute Gasteiger partial charge is 0.496 e. The molecule has 0 aliphatic carbocycles. The van der Waals surface area contributed by atoms with E-state index in [-0.39, 0.29) is 11.5 Å². The maximum absolute atomic E-state index is 14.4. The minimum Gasteiger partial charge on any atom is -0.496 e. The second kappa shape index (κ2) is 13.8. The Hall–Kier alpha value is -4.37. The van der Waals surface area contributed by atoms with Crippen molar-refractivity contribution in [3.8, 4) is 11.5 Å². The van der Waals surface area contributed by atoms with Crippen LogP contribution < -0.4 is 24.4 Å². The van der Waals surface area contributed by atoms with Gasteiger partial charge in [0.1, 0.15) is 24.1 Å². The van der Waals surface area contributed by atoms with E-state index in [1.165, 1.54) is 11.3 Å². The summed E-state index contributed by atoms with van der Waals surface area (Å²) in [5.74, 6) is 1.10. The molecule has 0 N–H and O–H groups in total. The fourth-order valence-electron chi connectivity index (χ4n) is 5.90. The first-order valence-corrected chi connectivity index (χ1v) is 16.9. The number of carbonyl (C=O) groups excluding carboxylic acids is 1. The third kappa shape index (κ3) is 6.33. The highest BCUT2D eigenvalue weighted by molar-refractivity contribution is 7.07. The molecule has 1 aliphatic rings. The van der Waals surface area contributed by atoms with Gasteiger partial charge >= 0.3 is 0 Å². The topological polar surface area (TPSA) is 73.1 Å². The molecule has 1 aromatic heterocycles. The van der Waals surface area contributed by atoms with Gasteiger partial charge < -0.3 is 14.4 Å². The molecule has 10 heteroatoms. The van der Waals surface area contributed by atoms with E-state index in [1.807, 2.05) is 93.6 Å². The maximum Gasteiger partial charge on any atom is 0.271 e. The van der Waals surface area contributed by atoms with Crippen LogP contribution in [0.2, 0.25) is 10.0 Å². The van der Waals surface area contributed by atoms with E-state index in [1.54, 1.807) is 28.7 Å². The highest BCUT2D eigenvalue weighted by Gasteiger charge is 2.36. The maximum atomic E-state index is 14.4. The Bertz CT molecular complexity index is 2200. The number of aromatic nitrogens is 1. The first-order valence-electron chi connectivity index (χ1n) is 15.3. The number of ether oxygens (including phenoxy) is 2. The summed E-state index contributed by atoms with van der Waals surface area (Å²) in [4.78, 5) is 35.6. The van der Waals surface area contributed by atoms with Gasteiger partial charge in [0.15, 0.2) is 4.80 Å². The van der Waals surface area contributed by atoms with Gasteiger partial charge in [-0.2, -0.15) is 0 Å². The number of fused-ring (bicyclic) bond motifs is 2. The molecule has 0 spiro atoms. The summed E-state index contributed by atoms with van der Waals surface area (Å²) in [6.45, 7) is 7.09. The SMILES string of the molecule is CCN(CC)C(=O)C1=C(C)N=c2s/c(=C/c3ccc(OCc4ccc(Cl)cc4Cl)cc3)c(=O)n2[C@@H]1c1c(OC)ccc2ccccc12. The number of halogens is 2. The zero-order valence-corrected chi connectivity index (χ0v) is 28.7. The predicted octanol–water partition coefficient (Wildman–Crippen LogP) is 7.15. The van der Waals surface area contributed by atoms with Crippen LogP contribution in [-0.2, 0) is 11.4 Å². The molecular formula is C37H33Cl2N3O4S. The molecule has 1 atom stereocenters. The molecule has 240 valence electrons.